The number of para-hydroxylation sites is 1. The average molecular weight is 382 g/mol. The number of amides is 1. The standard InChI is InChI=1S/C23H31N3O2/c1-3-25-12-14-26(15-13-25)18-21-10-5-4-9-20(21)17-24-23(27)16-19-8-6-7-11-22(19)28-2/h4-11H,3,12-18H2,1-2H3,(H,24,27). The van der Waals surface area contributed by atoms with Gasteiger partial charge in [-0.05, 0) is 23.7 Å². The minimum atomic E-state index is 0.0101. The molecule has 0 atom stereocenters. The molecule has 3 rings (SSSR count). The highest BCUT2D eigenvalue weighted by Crippen LogP contribution is 2.18. The third-order valence-electron chi connectivity index (χ3n) is 5.44. The Morgan fingerprint density at radius 3 is 2.21 bits per heavy atom. The van der Waals surface area contributed by atoms with Crippen molar-refractivity contribution >= 4 is 5.91 Å². The smallest absolute Gasteiger partial charge is 0.224 e. The van der Waals surface area contributed by atoms with E-state index in [2.05, 4.69) is 40.2 Å². The minimum absolute atomic E-state index is 0.0101. The summed E-state index contributed by atoms with van der Waals surface area (Å²) in [4.78, 5) is 17.4. The maximum atomic E-state index is 12.4. The van der Waals surface area contributed by atoms with Crippen LogP contribution in [0.3, 0.4) is 0 Å². The predicted octanol–water partition coefficient (Wildman–Crippen LogP) is 2.69. The Kier molecular flexibility index (Phi) is 7.46. The summed E-state index contributed by atoms with van der Waals surface area (Å²) < 4.78 is 5.34. The van der Waals surface area contributed by atoms with Gasteiger partial charge < -0.3 is 15.0 Å². The molecule has 2 aromatic rings. The molecule has 0 unspecified atom stereocenters. The van der Waals surface area contributed by atoms with Gasteiger partial charge in [-0.2, -0.15) is 0 Å². The van der Waals surface area contributed by atoms with Crippen molar-refractivity contribution in [2.75, 3.05) is 39.8 Å². The van der Waals surface area contributed by atoms with Gasteiger partial charge in [0, 0.05) is 44.8 Å². The van der Waals surface area contributed by atoms with Crippen LogP contribution in [0.4, 0.5) is 0 Å². The fourth-order valence-corrected chi connectivity index (χ4v) is 3.67. The number of benzene rings is 2. The van der Waals surface area contributed by atoms with Gasteiger partial charge in [-0.3, -0.25) is 9.69 Å². The Labute approximate surface area is 168 Å². The highest BCUT2D eigenvalue weighted by Gasteiger charge is 2.17. The fourth-order valence-electron chi connectivity index (χ4n) is 3.67. The molecule has 0 spiro atoms. The van der Waals surface area contributed by atoms with Crippen LogP contribution in [0.25, 0.3) is 0 Å². The van der Waals surface area contributed by atoms with Gasteiger partial charge in [0.1, 0.15) is 5.75 Å². The van der Waals surface area contributed by atoms with Crippen LogP contribution in [0.1, 0.15) is 23.6 Å². The minimum Gasteiger partial charge on any atom is -0.496 e. The normalized spacial score (nSPS) is 15.4. The first kappa shape index (κ1) is 20.4. The lowest BCUT2D eigenvalue weighted by atomic mass is 10.1. The summed E-state index contributed by atoms with van der Waals surface area (Å²) in [6.45, 7) is 9.31. The zero-order valence-electron chi connectivity index (χ0n) is 17.0. The Hall–Kier alpha value is -2.37. The summed E-state index contributed by atoms with van der Waals surface area (Å²) in [6.07, 6.45) is 0.325. The first-order valence-corrected chi connectivity index (χ1v) is 10.1. The number of methoxy groups -OCH3 is 1. The molecule has 5 heteroatoms. The number of ether oxygens (including phenoxy) is 1. The zero-order chi connectivity index (χ0) is 19.8. The molecular weight excluding hydrogens is 350 g/mol. The van der Waals surface area contributed by atoms with E-state index in [0.717, 1.165) is 50.6 Å². The first-order chi connectivity index (χ1) is 13.7. The highest BCUT2D eigenvalue weighted by atomic mass is 16.5. The first-order valence-electron chi connectivity index (χ1n) is 10.1. The van der Waals surface area contributed by atoms with E-state index >= 15 is 0 Å². The van der Waals surface area contributed by atoms with Crippen LogP contribution in [0, 0.1) is 0 Å². The zero-order valence-corrected chi connectivity index (χ0v) is 17.0. The van der Waals surface area contributed by atoms with Crippen LogP contribution in [-0.4, -0.2) is 55.5 Å². The summed E-state index contributed by atoms with van der Waals surface area (Å²) in [5.41, 5.74) is 3.39. The lowest BCUT2D eigenvalue weighted by molar-refractivity contribution is -0.120. The van der Waals surface area contributed by atoms with E-state index in [1.165, 1.54) is 11.1 Å². The van der Waals surface area contributed by atoms with Crippen molar-refractivity contribution in [1.29, 1.82) is 0 Å². The summed E-state index contributed by atoms with van der Waals surface area (Å²) >= 11 is 0. The number of rotatable bonds is 8. The van der Waals surface area contributed by atoms with Crippen LogP contribution in [0.2, 0.25) is 0 Å². The summed E-state index contributed by atoms with van der Waals surface area (Å²) in [6, 6.07) is 16.1. The Morgan fingerprint density at radius 1 is 0.929 bits per heavy atom. The summed E-state index contributed by atoms with van der Waals surface area (Å²) in [7, 11) is 1.63. The van der Waals surface area contributed by atoms with Crippen LogP contribution < -0.4 is 10.1 Å². The number of nitrogens with zero attached hydrogens (tertiary/aromatic N) is 2. The molecule has 2 aromatic carbocycles. The maximum Gasteiger partial charge on any atom is 0.224 e. The number of nitrogens with one attached hydrogen (secondary N) is 1. The number of carbonyl (C=O) groups is 1. The lowest BCUT2D eigenvalue weighted by Crippen LogP contribution is -2.45. The molecule has 0 bridgehead atoms. The molecule has 1 N–H and O–H groups in total. The molecule has 1 amide bonds. The number of hydrogen-bond acceptors (Lipinski definition) is 4. The molecule has 1 aliphatic heterocycles. The van der Waals surface area contributed by atoms with Gasteiger partial charge in [-0.1, -0.05) is 49.4 Å². The van der Waals surface area contributed by atoms with Gasteiger partial charge in [0.25, 0.3) is 0 Å². The van der Waals surface area contributed by atoms with Crippen LogP contribution in [0.15, 0.2) is 48.5 Å². The molecular formula is C23H31N3O2. The second-order valence-electron chi connectivity index (χ2n) is 7.24. The van der Waals surface area contributed by atoms with Gasteiger partial charge >= 0.3 is 0 Å². The molecule has 0 saturated carbocycles. The third kappa shape index (κ3) is 5.57. The average Bonchev–Trinajstić information content (AvgIpc) is 2.74. The molecule has 0 radical (unpaired) electrons. The molecule has 0 aromatic heterocycles. The van der Waals surface area contributed by atoms with Crippen LogP contribution in [0.5, 0.6) is 5.75 Å². The van der Waals surface area contributed by atoms with E-state index in [1.54, 1.807) is 7.11 Å². The van der Waals surface area contributed by atoms with Crippen molar-refractivity contribution in [3.05, 3.63) is 65.2 Å². The van der Waals surface area contributed by atoms with Crippen molar-refractivity contribution in [1.82, 2.24) is 15.1 Å². The monoisotopic (exact) mass is 381 g/mol. The largest absolute Gasteiger partial charge is 0.496 e. The van der Waals surface area contributed by atoms with E-state index in [4.69, 9.17) is 4.74 Å². The summed E-state index contributed by atoms with van der Waals surface area (Å²) in [5.74, 6) is 0.764. The second kappa shape index (κ2) is 10.2. The van der Waals surface area contributed by atoms with E-state index in [9.17, 15) is 4.79 Å². The number of piperazine rings is 1. The Balaban J connectivity index is 1.55. The molecule has 0 aliphatic carbocycles. The molecule has 1 heterocycles. The van der Waals surface area contributed by atoms with Crippen molar-refractivity contribution in [3.63, 3.8) is 0 Å². The molecule has 28 heavy (non-hydrogen) atoms. The predicted molar refractivity (Wildman–Crippen MR) is 112 cm³/mol. The van der Waals surface area contributed by atoms with Gasteiger partial charge in [-0.15, -0.1) is 0 Å². The summed E-state index contributed by atoms with van der Waals surface area (Å²) in [5, 5.41) is 3.07. The number of hydrogen-bond donors (Lipinski definition) is 1. The van der Waals surface area contributed by atoms with Gasteiger partial charge in [0.2, 0.25) is 5.91 Å². The molecule has 1 fully saturated rings. The topological polar surface area (TPSA) is 44.8 Å². The van der Waals surface area contributed by atoms with Crippen LogP contribution in [-0.2, 0) is 24.3 Å². The second-order valence-corrected chi connectivity index (χ2v) is 7.24. The molecule has 150 valence electrons. The third-order valence-corrected chi connectivity index (χ3v) is 5.44. The highest BCUT2D eigenvalue weighted by molar-refractivity contribution is 5.79. The fraction of sp³-hybridized carbons (Fsp3) is 0.435. The van der Waals surface area contributed by atoms with Crippen LogP contribution >= 0.6 is 0 Å². The maximum absolute atomic E-state index is 12.4. The molecule has 1 saturated heterocycles. The quantitative estimate of drug-likeness (QED) is 0.764. The van der Waals surface area contributed by atoms with E-state index in [1.807, 2.05) is 30.3 Å². The van der Waals surface area contributed by atoms with E-state index in [-0.39, 0.29) is 5.91 Å². The Morgan fingerprint density at radius 2 is 1.54 bits per heavy atom. The van der Waals surface area contributed by atoms with Gasteiger partial charge in [-0.25, -0.2) is 0 Å². The number of carbonyl (C=O) groups excluding carboxylic acids is 1. The number of likely N-dealkylation sites (N-methyl/N-ethyl adjacent to an activating group) is 1. The van der Waals surface area contributed by atoms with Crippen molar-refractivity contribution in [2.24, 2.45) is 0 Å². The lowest BCUT2D eigenvalue weighted by Gasteiger charge is -2.34. The van der Waals surface area contributed by atoms with Crippen molar-refractivity contribution in [3.8, 4) is 5.75 Å². The van der Waals surface area contributed by atoms with Crippen molar-refractivity contribution in [2.45, 2.75) is 26.4 Å². The molecule has 5 nitrogen and oxygen atoms in total. The van der Waals surface area contributed by atoms with Gasteiger partial charge in [0.05, 0.1) is 13.5 Å². The van der Waals surface area contributed by atoms with E-state index < -0.39 is 0 Å². The SMILES string of the molecule is CCN1CCN(Cc2ccccc2CNC(=O)Cc2ccccc2OC)CC1. The Bertz CT molecular complexity index is 770. The van der Waals surface area contributed by atoms with E-state index in [0.29, 0.717) is 13.0 Å². The molecule has 1 aliphatic rings. The van der Waals surface area contributed by atoms with Crippen molar-refractivity contribution < 1.29 is 9.53 Å². The van der Waals surface area contributed by atoms with Gasteiger partial charge in [0.15, 0.2) is 0 Å².